The Morgan fingerprint density at radius 2 is 1.84 bits per heavy atom. The second-order valence-electron chi connectivity index (χ2n) is 7.87. The Labute approximate surface area is 185 Å². The molecule has 0 bridgehead atoms. The van der Waals surface area contributed by atoms with Crippen LogP contribution in [0.15, 0.2) is 79.1 Å². The minimum atomic E-state index is -0.0937. The summed E-state index contributed by atoms with van der Waals surface area (Å²) in [5.74, 6) is 0.132. The molecule has 0 spiro atoms. The van der Waals surface area contributed by atoms with Crippen LogP contribution >= 0.6 is 11.3 Å². The van der Waals surface area contributed by atoms with E-state index in [9.17, 15) is 4.79 Å². The SMILES string of the molecule is O=C(NCc1ccccc1Cn1cccn1)[C@@H]1CC=CC[C@@H]1c1nc2ccccc2s1. The third-order valence-electron chi connectivity index (χ3n) is 5.86. The molecular formula is C25H24N4OS. The summed E-state index contributed by atoms with van der Waals surface area (Å²) in [6.07, 6.45) is 9.64. The number of benzene rings is 2. The van der Waals surface area contributed by atoms with Crippen LogP contribution in [0.25, 0.3) is 10.2 Å². The molecule has 4 aromatic rings. The maximum atomic E-state index is 13.2. The molecule has 5 nitrogen and oxygen atoms in total. The minimum absolute atomic E-state index is 0.0937. The normalized spacial score (nSPS) is 18.3. The van der Waals surface area contributed by atoms with E-state index in [1.807, 2.05) is 47.3 Å². The van der Waals surface area contributed by atoms with Gasteiger partial charge in [-0.15, -0.1) is 11.3 Å². The van der Waals surface area contributed by atoms with Crippen molar-refractivity contribution in [3.8, 4) is 0 Å². The second kappa shape index (κ2) is 8.86. The fourth-order valence-corrected chi connectivity index (χ4v) is 5.34. The van der Waals surface area contributed by atoms with Gasteiger partial charge in [0.2, 0.25) is 5.91 Å². The van der Waals surface area contributed by atoms with Crippen LogP contribution in [0.3, 0.4) is 0 Å². The number of carbonyl (C=O) groups excluding carboxylic acids is 1. The van der Waals surface area contributed by atoms with Gasteiger partial charge >= 0.3 is 0 Å². The van der Waals surface area contributed by atoms with E-state index < -0.39 is 0 Å². The van der Waals surface area contributed by atoms with E-state index in [1.165, 1.54) is 4.70 Å². The molecule has 0 aliphatic heterocycles. The number of rotatable bonds is 6. The lowest BCUT2D eigenvalue weighted by atomic mass is 9.82. The molecular weight excluding hydrogens is 404 g/mol. The van der Waals surface area contributed by atoms with Crippen molar-refractivity contribution in [2.75, 3.05) is 0 Å². The zero-order valence-electron chi connectivity index (χ0n) is 17.1. The fraction of sp³-hybridized carbons (Fsp3) is 0.240. The molecule has 0 unspecified atom stereocenters. The summed E-state index contributed by atoms with van der Waals surface area (Å²) in [5, 5.41) is 8.56. The molecule has 1 N–H and O–H groups in total. The summed E-state index contributed by atoms with van der Waals surface area (Å²) in [5.41, 5.74) is 3.30. The quantitative estimate of drug-likeness (QED) is 0.444. The average molecular weight is 429 g/mol. The first-order chi connectivity index (χ1) is 15.3. The topological polar surface area (TPSA) is 59.8 Å². The van der Waals surface area contributed by atoms with E-state index >= 15 is 0 Å². The molecule has 2 aromatic carbocycles. The first-order valence-corrected chi connectivity index (χ1v) is 11.4. The maximum Gasteiger partial charge on any atom is 0.224 e. The third kappa shape index (κ3) is 4.30. The average Bonchev–Trinajstić information content (AvgIpc) is 3.48. The van der Waals surface area contributed by atoms with Crippen LogP contribution in [0.1, 0.15) is 34.9 Å². The van der Waals surface area contributed by atoms with Crippen LogP contribution in [0.5, 0.6) is 0 Å². The first kappa shape index (κ1) is 19.7. The van der Waals surface area contributed by atoms with Gasteiger partial charge in [0, 0.05) is 24.9 Å². The Morgan fingerprint density at radius 1 is 1.03 bits per heavy atom. The highest BCUT2D eigenvalue weighted by molar-refractivity contribution is 7.18. The lowest BCUT2D eigenvalue weighted by Gasteiger charge is -2.26. The molecule has 1 aliphatic carbocycles. The summed E-state index contributed by atoms with van der Waals surface area (Å²) >= 11 is 1.71. The largest absolute Gasteiger partial charge is 0.352 e. The Morgan fingerprint density at radius 3 is 2.68 bits per heavy atom. The predicted molar refractivity (Wildman–Crippen MR) is 124 cm³/mol. The van der Waals surface area contributed by atoms with Crippen molar-refractivity contribution in [3.63, 3.8) is 0 Å². The number of nitrogens with one attached hydrogen (secondary N) is 1. The van der Waals surface area contributed by atoms with Gasteiger partial charge in [-0.1, -0.05) is 48.6 Å². The molecule has 0 radical (unpaired) electrons. The summed E-state index contributed by atoms with van der Waals surface area (Å²) in [6, 6.07) is 18.3. The number of fused-ring (bicyclic) bond motifs is 1. The van der Waals surface area contributed by atoms with Gasteiger partial charge in [-0.3, -0.25) is 9.48 Å². The number of carbonyl (C=O) groups is 1. The summed E-state index contributed by atoms with van der Waals surface area (Å²) < 4.78 is 3.08. The molecule has 1 aliphatic rings. The van der Waals surface area contributed by atoms with Crippen LogP contribution in [-0.4, -0.2) is 20.7 Å². The van der Waals surface area contributed by atoms with Crippen LogP contribution < -0.4 is 5.32 Å². The number of hydrogen-bond donors (Lipinski definition) is 1. The summed E-state index contributed by atoms with van der Waals surface area (Å²) in [7, 11) is 0. The molecule has 31 heavy (non-hydrogen) atoms. The van der Waals surface area contributed by atoms with E-state index in [-0.39, 0.29) is 17.7 Å². The van der Waals surface area contributed by atoms with Crippen molar-refractivity contribution in [1.82, 2.24) is 20.1 Å². The monoisotopic (exact) mass is 428 g/mol. The number of thiazole rings is 1. The van der Waals surface area contributed by atoms with E-state index in [2.05, 4.69) is 40.8 Å². The Kier molecular flexibility index (Phi) is 5.63. The number of para-hydroxylation sites is 1. The number of hydrogen-bond acceptors (Lipinski definition) is 4. The van der Waals surface area contributed by atoms with Crippen molar-refractivity contribution < 1.29 is 4.79 Å². The number of allylic oxidation sites excluding steroid dienone is 2. The van der Waals surface area contributed by atoms with E-state index in [0.717, 1.165) is 34.5 Å². The van der Waals surface area contributed by atoms with Gasteiger partial charge in [0.1, 0.15) is 0 Å². The van der Waals surface area contributed by atoms with Gasteiger partial charge < -0.3 is 5.32 Å². The lowest BCUT2D eigenvalue weighted by molar-refractivity contribution is -0.125. The van der Waals surface area contributed by atoms with Crippen LogP contribution in [0, 0.1) is 5.92 Å². The van der Waals surface area contributed by atoms with Crippen molar-refractivity contribution in [2.24, 2.45) is 5.92 Å². The fourth-order valence-electron chi connectivity index (χ4n) is 4.19. The van der Waals surface area contributed by atoms with E-state index in [4.69, 9.17) is 4.98 Å². The standard InChI is InChI=1S/C25H24N4OS/c30-24(26-16-18-8-1-2-9-19(18)17-29-15-7-14-27-29)20-10-3-4-11-21(20)25-28-22-12-5-6-13-23(22)31-25/h1-9,12-15,20-21H,10-11,16-17H2,(H,26,30)/t20-,21+/m1/s1. The Bertz CT molecular complexity index is 1180. The zero-order chi connectivity index (χ0) is 21.0. The molecule has 6 heteroatoms. The molecule has 1 amide bonds. The van der Waals surface area contributed by atoms with Crippen molar-refractivity contribution in [2.45, 2.75) is 31.8 Å². The van der Waals surface area contributed by atoms with Gasteiger partial charge in [-0.25, -0.2) is 4.98 Å². The number of nitrogens with zero attached hydrogens (tertiary/aromatic N) is 3. The Balaban J connectivity index is 1.31. The molecule has 0 saturated carbocycles. The highest BCUT2D eigenvalue weighted by Crippen LogP contribution is 2.38. The van der Waals surface area contributed by atoms with Gasteiger partial charge in [0.05, 0.1) is 27.7 Å². The second-order valence-corrected chi connectivity index (χ2v) is 8.93. The van der Waals surface area contributed by atoms with E-state index in [1.54, 1.807) is 17.5 Å². The third-order valence-corrected chi connectivity index (χ3v) is 7.03. The van der Waals surface area contributed by atoms with Gasteiger partial charge in [0.15, 0.2) is 0 Å². The molecule has 2 heterocycles. The van der Waals surface area contributed by atoms with Gasteiger partial charge in [-0.2, -0.15) is 5.10 Å². The highest BCUT2D eigenvalue weighted by atomic mass is 32.1. The molecule has 5 rings (SSSR count). The molecule has 2 aromatic heterocycles. The summed E-state index contributed by atoms with van der Waals surface area (Å²) in [6.45, 7) is 1.21. The Hall–Kier alpha value is -3.25. The van der Waals surface area contributed by atoms with Crippen LogP contribution in [0.4, 0.5) is 0 Å². The first-order valence-electron chi connectivity index (χ1n) is 10.6. The minimum Gasteiger partial charge on any atom is -0.352 e. The van der Waals surface area contributed by atoms with Crippen molar-refractivity contribution >= 4 is 27.5 Å². The maximum absolute atomic E-state index is 13.2. The molecule has 0 fully saturated rings. The van der Waals surface area contributed by atoms with Crippen LogP contribution in [-0.2, 0) is 17.9 Å². The van der Waals surface area contributed by atoms with Crippen LogP contribution in [0.2, 0.25) is 0 Å². The zero-order valence-corrected chi connectivity index (χ0v) is 18.0. The number of amides is 1. The molecule has 2 atom stereocenters. The van der Waals surface area contributed by atoms with Crippen molar-refractivity contribution in [1.29, 1.82) is 0 Å². The van der Waals surface area contributed by atoms with E-state index in [0.29, 0.717) is 13.1 Å². The molecule has 156 valence electrons. The smallest absolute Gasteiger partial charge is 0.224 e. The van der Waals surface area contributed by atoms with Gasteiger partial charge in [-0.05, 0) is 42.2 Å². The summed E-state index contributed by atoms with van der Waals surface area (Å²) in [4.78, 5) is 18.1. The van der Waals surface area contributed by atoms with Crippen molar-refractivity contribution in [3.05, 3.63) is 95.3 Å². The highest BCUT2D eigenvalue weighted by Gasteiger charge is 2.32. The predicted octanol–water partition coefficient (Wildman–Crippen LogP) is 4.91. The lowest BCUT2D eigenvalue weighted by Crippen LogP contribution is -2.34. The number of aromatic nitrogens is 3. The van der Waals surface area contributed by atoms with Gasteiger partial charge in [0.25, 0.3) is 0 Å². The molecule has 0 saturated heterocycles.